The number of carbonyl (C=O) groups is 1. The molecule has 0 aliphatic heterocycles. The lowest BCUT2D eigenvalue weighted by Gasteiger charge is -2.24. The maximum Gasteiger partial charge on any atom is 0.243 e. The van der Waals surface area contributed by atoms with Gasteiger partial charge in [0, 0.05) is 22.7 Å². The molecule has 0 aromatic heterocycles. The topological polar surface area (TPSA) is 75.7 Å². The van der Waals surface area contributed by atoms with E-state index in [9.17, 15) is 17.6 Å². The van der Waals surface area contributed by atoms with E-state index in [2.05, 4.69) is 5.32 Å². The van der Waals surface area contributed by atoms with Crippen LogP contribution in [-0.2, 0) is 21.4 Å². The molecular formula is C24H24ClFN2O4S. The number of ether oxygens (including phenoxy) is 1. The zero-order valence-electron chi connectivity index (χ0n) is 18.2. The molecule has 0 saturated carbocycles. The molecule has 6 nitrogen and oxygen atoms in total. The Labute approximate surface area is 198 Å². The van der Waals surface area contributed by atoms with E-state index in [4.69, 9.17) is 16.3 Å². The molecule has 0 aliphatic rings. The highest BCUT2D eigenvalue weighted by Crippen LogP contribution is 2.25. The predicted molar refractivity (Wildman–Crippen MR) is 125 cm³/mol. The summed E-state index contributed by atoms with van der Waals surface area (Å²) in [7, 11) is -2.59. The Hall–Kier alpha value is -2.94. The minimum absolute atomic E-state index is 0.0474. The summed E-state index contributed by atoms with van der Waals surface area (Å²) in [4.78, 5) is 12.8. The van der Waals surface area contributed by atoms with E-state index < -0.39 is 34.3 Å². The van der Waals surface area contributed by atoms with Gasteiger partial charge in [0.05, 0.1) is 24.6 Å². The Kier molecular flexibility index (Phi) is 8.07. The first-order valence-electron chi connectivity index (χ1n) is 10.1. The van der Waals surface area contributed by atoms with Gasteiger partial charge in [0.2, 0.25) is 15.9 Å². The maximum absolute atomic E-state index is 14.3. The summed E-state index contributed by atoms with van der Waals surface area (Å²) in [5.41, 5.74) is 0.898. The number of nitrogens with one attached hydrogen (secondary N) is 1. The van der Waals surface area contributed by atoms with Crippen LogP contribution in [0.2, 0.25) is 5.02 Å². The molecule has 0 spiro atoms. The number of rotatable bonds is 9. The van der Waals surface area contributed by atoms with Crippen molar-refractivity contribution < 1.29 is 22.3 Å². The van der Waals surface area contributed by atoms with Crippen LogP contribution in [0.5, 0.6) is 5.75 Å². The zero-order chi connectivity index (χ0) is 24.0. The fourth-order valence-corrected chi connectivity index (χ4v) is 4.85. The molecule has 0 heterocycles. The van der Waals surface area contributed by atoms with Gasteiger partial charge in [0.25, 0.3) is 0 Å². The summed E-state index contributed by atoms with van der Waals surface area (Å²) in [6, 6.07) is 18.2. The van der Waals surface area contributed by atoms with Crippen molar-refractivity contribution in [3.8, 4) is 5.75 Å². The standard InChI is InChI=1S/C24H24ClFN2O4S/c1-17(21-8-4-6-10-23(21)32-2)27-24(29)16-28(15-18-7-3-5-9-22(18)26)33(30,31)20-13-11-19(25)12-14-20/h3-14,17H,15-16H2,1-2H3,(H,27,29). The summed E-state index contributed by atoms with van der Waals surface area (Å²) in [5, 5.41) is 3.17. The van der Waals surface area contributed by atoms with Gasteiger partial charge >= 0.3 is 0 Å². The molecule has 1 N–H and O–H groups in total. The molecule has 174 valence electrons. The highest BCUT2D eigenvalue weighted by Gasteiger charge is 2.28. The first-order chi connectivity index (χ1) is 15.7. The molecule has 0 aliphatic carbocycles. The molecule has 1 atom stereocenters. The summed E-state index contributed by atoms with van der Waals surface area (Å²) in [6.07, 6.45) is 0. The number of nitrogens with zero attached hydrogens (tertiary/aromatic N) is 1. The lowest BCUT2D eigenvalue weighted by molar-refractivity contribution is -0.122. The normalized spacial score (nSPS) is 12.4. The molecule has 0 fully saturated rings. The van der Waals surface area contributed by atoms with Crippen LogP contribution in [0.1, 0.15) is 24.1 Å². The van der Waals surface area contributed by atoms with Crippen molar-refractivity contribution in [3.63, 3.8) is 0 Å². The largest absolute Gasteiger partial charge is 0.496 e. The Morgan fingerprint density at radius 1 is 1.06 bits per heavy atom. The molecule has 9 heteroatoms. The Balaban J connectivity index is 1.86. The molecule has 3 rings (SSSR count). The van der Waals surface area contributed by atoms with Crippen molar-refractivity contribution in [1.82, 2.24) is 9.62 Å². The van der Waals surface area contributed by atoms with Crippen LogP contribution < -0.4 is 10.1 Å². The van der Waals surface area contributed by atoms with Gasteiger partial charge in [0.15, 0.2) is 0 Å². The summed E-state index contributed by atoms with van der Waals surface area (Å²) < 4.78 is 47.2. The number of para-hydroxylation sites is 1. The molecule has 3 aromatic carbocycles. The lowest BCUT2D eigenvalue weighted by Crippen LogP contribution is -2.41. The third-order valence-corrected chi connectivity index (χ3v) is 7.12. The molecule has 1 amide bonds. The van der Waals surface area contributed by atoms with Gasteiger partial charge < -0.3 is 10.1 Å². The molecular weight excluding hydrogens is 467 g/mol. The van der Waals surface area contributed by atoms with Crippen molar-refractivity contribution in [2.24, 2.45) is 0 Å². The number of halogens is 2. The van der Waals surface area contributed by atoms with Crippen molar-refractivity contribution in [3.05, 3.63) is 94.8 Å². The van der Waals surface area contributed by atoms with E-state index in [1.54, 1.807) is 19.1 Å². The first kappa shape index (κ1) is 24.7. The monoisotopic (exact) mass is 490 g/mol. The zero-order valence-corrected chi connectivity index (χ0v) is 19.7. The lowest BCUT2D eigenvalue weighted by atomic mass is 10.1. The number of sulfonamides is 1. The quantitative estimate of drug-likeness (QED) is 0.477. The minimum Gasteiger partial charge on any atom is -0.496 e. The van der Waals surface area contributed by atoms with Gasteiger partial charge in [-0.1, -0.05) is 48.0 Å². The van der Waals surface area contributed by atoms with Gasteiger partial charge in [-0.15, -0.1) is 0 Å². The van der Waals surface area contributed by atoms with E-state index in [1.807, 2.05) is 18.2 Å². The van der Waals surface area contributed by atoms with Crippen LogP contribution in [0.15, 0.2) is 77.7 Å². The second-order valence-corrected chi connectivity index (χ2v) is 9.72. The molecule has 0 saturated heterocycles. The van der Waals surface area contributed by atoms with E-state index in [-0.39, 0.29) is 17.0 Å². The summed E-state index contributed by atoms with van der Waals surface area (Å²) >= 11 is 5.88. The molecule has 0 bridgehead atoms. The van der Waals surface area contributed by atoms with Gasteiger partial charge in [-0.2, -0.15) is 4.31 Å². The molecule has 3 aromatic rings. The van der Waals surface area contributed by atoms with Crippen LogP contribution in [-0.4, -0.2) is 32.3 Å². The maximum atomic E-state index is 14.3. The summed E-state index contributed by atoms with van der Waals surface area (Å²) in [6.45, 7) is 0.956. The SMILES string of the molecule is COc1ccccc1C(C)NC(=O)CN(Cc1ccccc1F)S(=O)(=O)c1ccc(Cl)cc1. The third-order valence-electron chi connectivity index (χ3n) is 5.06. The number of hydrogen-bond acceptors (Lipinski definition) is 4. The number of carbonyl (C=O) groups excluding carboxylic acids is 1. The van der Waals surface area contributed by atoms with Crippen molar-refractivity contribution in [2.45, 2.75) is 24.4 Å². The van der Waals surface area contributed by atoms with E-state index in [0.717, 1.165) is 9.87 Å². The van der Waals surface area contributed by atoms with Crippen LogP contribution in [0.3, 0.4) is 0 Å². The van der Waals surface area contributed by atoms with E-state index in [1.165, 1.54) is 49.6 Å². The predicted octanol–water partition coefficient (Wildman–Crippen LogP) is 4.56. The Morgan fingerprint density at radius 3 is 2.36 bits per heavy atom. The van der Waals surface area contributed by atoms with Crippen molar-refractivity contribution in [2.75, 3.05) is 13.7 Å². The third kappa shape index (κ3) is 6.10. The fourth-order valence-electron chi connectivity index (χ4n) is 3.35. The highest BCUT2D eigenvalue weighted by atomic mass is 35.5. The molecule has 33 heavy (non-hydrogen) atoms. The Bertz CT molecular complexity index is 1220. The number of amides is 1. The van der Waals surface area contributed by atoms with E-state index in [0.29, 0.717) is 10.8 Å². The second-order valence-electron chi connectivity index (χ2n) is 7.35. The average Bonchev–Trinajstić information content (AvgIpc) is 2.80. The van der Waals surface area contributed by atoms with Gasteiger partial charge in [-0.25, -0.2) is 12.8 Å². The highest BCUT2D eigenvalue weighted by molar-refractivity contribution is 7.89. The first-order valence-corrected chi connectivity index (χ1v) is 12.0. The average molecular weight is 491 g/mol. The number of methoxy groups -OCH3 is 1. The van der Waals surface area contributed by atoms with Crippen molar-refractivity contribution in [1.29, 1.82) is 0 Å². The van der Waals surface area contributed by atoms with Gasteiger partial charge in [-0.3, -0.25) is 4.79 Å². The molecule has 1 unspecified atom stereocenters. The minimum atomic E-state index is -4.12. The number of benzene rings is 3. The summed E-state index contributed by atoms with van der Waals surface area (Å²) in [5.74, 6) is -0.499. The smallest absolute Gasteiger partial charge is 0.243 e. The van der Waals surface area contributed by atoms with Crippen LogP contribution in [0.4, 0.5) is 4.39 Å². The number of hydrogen-bond donors (Lipinski definition) is 1. The van der Waals surface area contributed by atoms with Gasteiger partial charge in [0.1, 0.15) is 11.6 Å². The molecule has 0 radical (unpaired) electrons. The van der Waals surface area contributed by atoms with Crippen LogP contribution in [0, 0.1) is 5.82 Å². The van der Waals surface area contributed by atoms with Crippen LogP contribution >= 0.6 is 11.6 Å². The Morgan fingerprint density at radius 2 is 1.70 bits per heavy atom. The second kappa shape index (κ2) is 10.8. The van der Waals surface area contributed by atoms with E-state index >= 15 is 0 Å². The fraction of sp³-hybridized carbons (Fsp3) is 0.208. The van der Waals surface area contributed by atoms with Crippen LogP contribution in [0.25, 0.3) is 0 Å². The van der Waals surface area contributed by atoms with Gasteiger partial charge in [-0.05, 0) is 43.3 Å². The van der Waals surface area contributed by atoms with Crippen molar-refractivity contribution >= 4 is 27.5 Å².